The molecule has 8 heteroatoms. The lowest BCUT2D eigenvalue weighted by molar-refractivity contribution is -0.120. The van der Waals surface area contributed by atoms with Crippen LogP contribution in [0.25, 0.3) is 0 Å². The quantitative estimate of drug-likeness (QED) is 0.743. The molecule has 1 aromatic carbocycles. The molecule has 1 atom stereocenters. The highest BCUT2D eigenvalue weighted by Crippen LogP contribution is 2.29. The monoisotopic (exact) mass is 456 g/mol. The number of hydrogen-bond acceptors (Lipinski definition) is 4. The molecule has 1 aliphatic heterocycles. The van der Waals surface area contributed by atoms with Crippen LogP contribution < -0.4 is 10.2 Å². The van der Waals surface area contributed by atoms with E-state index in [0.717, 1.165) is 36.5 Å². The number of halogens is 3. The van der Waals surface area contributed by atoms with Gasteiger partial charge < -0.3 is 10.2 Å². The smallest absolute Gasteiger partial charge is 0.241 e. The molecule has 26 heavy (non-hydrogen) atoms. The van der Waals surface area contributed by atoms with Crippen molar-refractivity contribution in [3.8, 4) is 0 Å². The Hall–Kier alpha value is -1.34. The van der Waals surface area contributed by atoms with Gasteiger partial charge in [0.05, 0.1) is 21.8 Å². The van der Waals surface area contributed by atoms with E-state index >= 15 is 0 Å². The number of anilines is 2. The summed E-state index contributed by atoms with van der Waals surface area (Å²) in [6, 6.07) is 8.92. The average Bonchev–Trinajstić information content (AvgIpc) is 2.65. The Labute approximate surface area is 171 Å². The van der Waals surface area contributed by atoms with Crippen LogP contribution in [0.4, 0.5) is 11.5 Å². The van der Waals surface area contributed by atoms with Crippen molar-refractivity contribution in [1.29, 1.82) is 0 Å². The second kappa shape index (κ2) is 8.57. The molecule has 3 rings (SSSR count). The fourth-order valence-electron chi connectivity index (χ4n) is 2.90. The molecule has 0 bridgehead atoms. The third-order valence-corrected chi connectivity index (χ3v) is 5.77. The fourth-order valence-corrected chi connectivity index (χ4v) is 3.48. The third kappa shape index (κ3) is 4.49. The zero-order chi connectivity index (χ0) is 18.7. The number of aromatic nitrogens is 1. The second-order valence-electron chi connectivity index (χ2n) is 6.12. The molecular weight excluding hydrogens is 439 g/mol. The normalized spacial score (nSPS) is 16.4. The molecule has 0 saturated carbocycles. The highest BCUT2D eigenvalue weighted by atomic mass is 79.9. The number of carbonyl (C=O) groups excluding carboxylic acids is 1. The molecule has 1 amide bonds. The summed E-state index contributed by atoms with van der Waals surface area (Å²) in [7, 11) is 0. The van der Waals surface area contributed by atoms with E-state index in [-0.39, 0.29) is 11.9 Å². The van der Waals surface area contributed by atoms with E-state index in [1.807, 2.05) is 19.1 Å². The van der Waals surface area contributed by atoms with Crippen LogP contribution in [0.5, 0.6) is 0 Å². The standard InChI is InChI=1S/C18H19BrCl2N4O/c1-12(18(26)23-15-4-2-3-14(20)17(15)21)24-7-9-25(10-8-24)16-6-5-13(19)11-22-16/h2-6,11-12H,7-10H2,1H3,(H,23,26). The van der Waals surface area contributed by atoms with E-state index < -0.39 is 0 Å². The maximum Gasteiger partial charge on any atom is 0.241 e. The van der Waals surface area contributed by atoms with E-state index in [1.54, 1.807) is 24.4 Å². The Morgan fingerprint density at radius 2 is 1.92 bits per heavy atom. The van der Waals surface area contributed by atoms with Gasteiger partial charge in [0.25, 0.3) is 0 Å². The van der Waals surface area contributed by atoms with Crippen LogP contribution in [-0.2, 0) is 4.79 Å². The molecule has 1 saturated heterocycles. The van der Waals surface area contributed by atoms with Crippen molar-refractivity contribution in [2.75, 3.05) is 36.4 Å². The average molecular weight is 458 g/mol. The molecule has 0 radical (unpaired) electrons. The molecule has 1 fully saturated rings. The van der Waals surface area contributed by atoms with Gasteiger partial charge in [0.15, 0.2) is 0 Å². The largest absolute Gasteiger partial charge is 0.354 e. The van der Waals surface area contributed by atoms with Gasteiger partial charge in [-0.05, 0) is 47.1 Å². The first-order chi connectivity index (χ1) is 12.5. The van der Waals surface area contributed by atoms with Gasteiger partial charge in [-0.25, -0.2) is 4.98 Å². The van der Waals surface area contributed by atoms with Gasteiger partial charge in [-0.3, -0.25) is 9.69 Å². The van der Waals surface area contributed by atoms with Gasteiger partial charge in [-0.15, -0.1) is 0 Å². The Balaban J connectivity index is 1.57. The molecule has 0 spiro atoms. The number of nitrogens with zero attached hydrogens (tertiary/aromatic N) is 3. The summed E-state index contributed by atoms with van der Waals surface area (Å²) >= 11 is 15.5. The van der Waals surface area contributed by atoms with Crippen LogP contribution >= 0.6 is 39.1 Å². The number of carbonyl (C=O) groups is 1. The van der Waals surface area contributed by atoms with E-state index in [9.17, 15) is 4.79 Å². The molecule has 0 aliphatic carbocycles. The number of amides is 1. The summed E-state index contributed by atoms with van der Waals surface area (Å²) in [5, 5.41) is 3.65. The van der Waals surface area contributed by atoms with E-state index in [2.05, 4.69) is 36.0 Å². The molecule has 138 valence electrons. The summed E-state index contributed by atoms with van der Waals surface area (Å²) in [6.07, 6.45) is 1.80. The van der Waals surface area contributed by atoms with Crippen LogP contribution in [-0.4, -0.2) is 48.0 Å². The Morgan fingerprint density at radius 1 is 1.19 bits per heavy atom. The van der Waals surface area contributed by atoms with Crippen molar-refractivity contribution in [1.82, 2.24) is 9.88 Å². The Morgan fingerprint density at radius 3 is 2.58 bits per heavy atom. The first-order valence-corrected chi connectivity index (χ1v) is 9.86. The van der Waals surface area contributed by atoms with E-state index in [1.165, 1.54) is 0 Å². The Kier molecular flexibility index (Phi) is 6.40. The molecule has 2 aromatic rings. The van der Waals surface area contributed by atoms with Crippen molar-refractivity contribution >= 4 is 56.5 Å². The van der Waals surface area contributed by atoms with Crippen molar-refractivity contribution in [3.63, 3.8) is 0 Å². The minimum Gasteiger partial charge on any atom is -0.354 e. The summed E-state index contributed by atoms with van der Waals surface area (Å²) < 4.78 is 0.963. The van der Waals surface area contributed by atoms with Crippen LogP contribution in [0.3, 0.4) is 0 Å². The summed E-state index contributed by atoms with van der Waals surface area (Å²) in [5.74, 6) is 0.861. The van der Waals surface area contributed by atoms with Crippen LogP contribution in [0.15, 0.2) is 41.0 Å². The topological polar surface area (TPSA) is 48.5 Å². The summed E-state index contributed by atoms with van der Waals surface area (Å²) in [5.41, 5.74) is 0.536. The molecular formula is C18H19BrCl2N4O. The minimum atomic E-state index is -0.259. The lowest BCUT2D eigenvalue weighted by Crippen LogP contribution is -2.53. The predicted octanol–water partition coefficient (Wildman–Crippen LogP) is 4.30. The lowest BCUT2D eigenvalue weighted by Gasteiger charge is -2.38. The van der Waals surface area contributed by atoms with Crippen molar-refractivity contribution in [2.45, 2.75) is 13.0 Å². The number of benzene rings is 1. The van der Waals surface area contributed by atoms with Gasteiger partial charge in [-0.1, -0.05) is 29.3 Å². The van der Waals surface area contributed by atoms with Gasteiger partial charge in [0.2, 0.25) is 5.91 Å². The molecule has 1 unspecified atom stereocenters. The molecule has 5 nitrogen and oxygen atoms in total. The number of nitrogens with one attached hydrogen (secondary N) is 1. The number of hydrogen-bond donors (Lipinski definition) is 1. The lowest BCUT2D eigenvalue weighted by atomic mass is 10.2. The zero-order valence-corrected chi connectivity index (χ0v) is 17.4. The minimum absolute atomic E-state index is 0.0932. The van der Waals surface area contributed by atoms with Crippen LogP contribution in [0.1, 0.15) is 6.92 Å². The van der Waals surface area contributed by atoms with E-state index in [4.69, 9.17) is 23.2 Å². The van der Waals surface area contributed by atoms with Gasteiger partial charge >= 0.3 is 0 Å². The van der Waals surface area contributed by atoms with Gasteiger partial charge in [-0.2, -0.15) is 0 Å². The molecule has 1 aromatic heterocycles. The molecule has 1 N–H and O–H groups in total. The number of rotatable bonds is 4. The molecule has 2 heterocycles. The van der Waals surface area contributed by atoms with Gasteiger partial charge in [0.1, 0.15) is 5.82 Å². The van der Waals surface area contributed by atoms with Gasteiger partial charge in [0, 0.05) is 36.8 Å². The first kappa shape index (κ1) is 19.4. The highest BCUT2D eigenvalue weighted by Gasteiger charge is 2.26. The maximum atomic E-state index is 12.6. The summed E-state index contributed by atoms with van der Waals surface area (Å²) in [4.78, 5) is 21.4. The number of piperazine rings is 1. The SMILES string of the molecule is CC(C(=O)Nc1cccc(Cl)c1Cl)N1CCN(c2ccc(Br)cn2)CC1. The summed E-state index contributed by atoms with van der Waals surface area (Å²) in [6.45, 7) is 5.13. The van der Waals surface area contributed by atoms with Crippen molar-refractivity contribution in [2.24, 2.45) is 0 Å². The van der Waals surface area contributed by atoms with Crippen molar-refractivity contribution in [3.05, 3.63) is 51.0 Å². The molecule has 1 aliphatic rings. The second-order valence-corrected chi connectivity index (χ2v) is 7.83. The third-order valence-electron chi connectivity index (χ3n) is 4.49. The predicted molar refractivity (Wildman–Crippen MR) is 110 cm³/mol. The van der Waals surface area contributed by atoms with Crippen molar-refractivity contribution < 1.29 is 4.79 Å². The highest BCUT2D eigenvalue weighted by molar-refractivity contribution is 9.10. The van der Waals surface area contributed by atoms with E-state index in [0.29, 0.717) is 15.7 Å². The Bertz CT molecular complexity index is 779. The van der Waals surface area contributed by atoms with Crippen LogP contribution in [0.2, 0.25) is 10.0 Å². The zero-order valence-electron chi connectivity index (χ0n) is 14.3. The fraction of sp³-hybridized carbons (Fsp3) is 0.333. The van der Waals surface area contributed by atoms with Crippen LogP contribution in [0, 0.1) is 0 Å². The maximum absolute atomic E-state index is 12.6. The number of pyridine rings is 1. The first-order valence-electron chi connectivity index (χ1n) is 8.31.